The zero-order chi connectivity index (χ0) is 13.6. The molecule has 0 bridgehead atoms. The van der Waals surface area contributed by atoms with E-state index in [2.05, 4.69) is 4.98 Å². The molecule has 3 aromatic rings. The monoisotopic (exact) mass is 279 g/mol. The molecule has 1 heterocycles. The minimum atomic E-state index is -0.456. The molecule has 0 aliphatic rings. The van der Waals surface area contributed by atoms with Crippen LogP contribution in [0.15, 0.2) is 36.4 Å². The molecule has 0 saturated carbocycles. The van der Waals surface area contributed by atoms with E-state index in [0.717, 1.165) is 0 Å². The average Bonchev–Trinajstić information content (AvgIpc) is 2.65. The predicted octanol–water partition coefficient (Wildman–Crippen LogP) is 3.54. The van der Waals surface area contributed by atoms with Crippen LogP contribution in [0.2, 0.25) is 5.02 Å². The van der Waals surface area contributed by atoms with Crippen molar-refractivity contribution in [2.24, 2.45) is 0 Å². The lowest BCUT2D eigenvalue weighted by molar-refractivity contribution is 0.627. The van der Waals surface area contributed by atoms with Crippen LogP contribution < -0.4 is 5.73 Å². The molecule has 1 aromatic heterocycles. The molecule has 96 valence electrons. The van der Waals surface area contributed by atoms with E-state index in [-0.39, 0.29) is 11.0 Å². The van der Waals surface area contributed by atoms with Crippen molar-refractivity contribution in [3.63, 3.8) is 0 Å². The Hall–Kier alpha value is -2.14. The standard InChI is InChI=1S/C13H8ClF2N3/c14-9-5-7(15)2-4-11(9)19-12-6-8(16)1-3-10(12)18-13(19)17/h1-6H,(H2,17,18). The van der Waals surface area contributed by atoms with Crippen molar-refractivity contribution in [1.82, 2.24) is 9.55 Å². The van der Waals surface area contributed by atoms with Gasteiger partial charge in [0.05, 0.1) is 21.7 Å². The first-order valence-corrected chi connectivity index (χ1v) is 5.83. The Morgan fingerprint density at radius 3 is 2.47 bits per heavy atom. The van der Waals surface area contributed by atoms with Crippen LogP contribution in [-0.4, -0.2) is 9.55 Å². The van der Waals surface area contributed by atoms with Gasteiger partial charge in [0.25, 0.3) is 0 Å². The van der Waals surface area contributed by atoms with Gasteiger partial charge in [-0.3, -0.25) is 4.57 Å². The first-order valence-electron chi connectivity index (χ1n) is 5.45. The molecule has 0 saturated heterocycles. The quantitative estimate of drug-likeness (QED) is 0.740. The average molecular weight is 280 g/mol. The highest BCUT2D eigenvalue weighted by Crippen LogP contribution is 2.28. The molecule has 0 atom stereocenters. The van der Waals surface area contributed by atoms with Crippen molar-refractivity contribution in [1.29, 1.82) is 0 Å². The number of benzene rings is 2. The van der Waals surface area contributed by atoms with Gasteiger partial charge in [0, 0.05) is 6.07 Å². The van der Waals surface area contributed by atoms with Gasteiger partial charge in [0.2, 0.25) is 5.95 Å². The van der Waals surface area contributed by atoms with Crippen LogP contribution in [0, 0.1) is 11.6 Å². The number of nitrogen functional groups attached to an aromatic ring is 1. The Morgan fingerprint density at radius 2 is 1.74 bits per heavy atom. The fourth-order valence-corrected chi connectivity index (χ4v) is 2.23. The molecule has 0 fully saturated rings. The van der Waals surface area contributed by atoms with Gasteiger partial charge in [-0.1, -0.05) is 11.6 Å². The van der Waals surface area contributed by atoms with Crippen LogP contribution >= 0.6 is 11.6 Å². The molecule has 0 unspecified atom stereocenters. The third kappa shape index (κ3) is 1.92. The summed E-state index contributed by atoms with van der Waals surface area (Å²) in [7, 11) is 0. The Bertz CT molecular complexity index is 783. The second-order valence-corrected chi connectivity index (χ2v) is 4.44. The number of nitrogens with zero attached hydrogens (tertiary/aromatic N) is 2. The molecule has 0 radical (unpaired) electrons. The Balaban J connectivity index is 2.35. The number of imidazole rings is 1. The van der Waals surface area contributed by atoms with Gasteiger partial charge in [-0.15, -0.1) is 0 Å². The van der Waals surface area contributed by atoms with Gasteiger partial charge in [-0.05, 0) is 30.3 Å². The zero-order valence-corrected chi connectivity index (χ0v) is 10.3. The number of hydrogen-bond acceptors (Lipinski definition) is 2. The normalized spacial score (nSPS) is 11.1. The van der Waals surface area contributed by atoms with Crippen LogP contribution in [0.1, 0.15) is 0 Å². The third-order valence-corrected chi connectivity index (χ3v) is 3.10. The summed E-state index contributed by atoms with van der Waals surface area (Å²) in [6.45, 7) is 0. The maximum absolute atomic E-state index is 13.3. The lowest BCUT2D eigenvalue weighted by Crippen LogP contribution is -2.01. The van der Waals surface area contributed by atoms with E-state index in [4.69, 9.17) is 17.3 Å². The van der Waals surface area contributed by atoms with Crippen LogP contribution in [0.3, 0.4) is 0 Å². The van der Waals surface area contributed by atoms with Crippen molar-refractivity contribution >= 4 is 28.6 Å². The molecule has 3 rings (SSSR count). The first kappa shape index (κ1) is 11.9. The predicted molar refractivity (Wildman–Crippen MR) is 70.4 cm³/mol. The molecule has 0 aliphatic carbocycles. The summed E-state index contributed by atoms with van der Waals surface area (Å²) in [4.78, 5) is 4.12. The number of anilines is 1. The summed E-state index contributed by atoms with van der Waals surface area (Å²) in [5.41, 5.74) is 7.29. The van der Waals surface area contributed by atoms with Crippen LogP contribution in [0.25, 0.3) is 16.7 Å². The second kappa shape index (κ2) is 4.20. The summed E-state index contributed by atoms with van der Waals surface area (Å²) in [6, 6.07) is 8.02. The largest absolute Gasteiger partial charge is 0.369 e. The molecule has 19 heavy (non-hydrogen) atoms. The lowest BCUT2D eigenvalue weighted by atomic mass is 10.2. The minimum Gasteiger partial charge on any atom is -0.369 e. The van der Waals surface area contributed by atoms with Crippen molar-refractivity contribution in [3.8, 4) is 5.69 Å². The summed E-state index contributed by atoms with van der Waals surface area (Å²) in [5.74, 6) is -0.705. The highest BCUT2D eigenvalue weighted by molar-refractivity contribution is 6.32. The highest BCUT2D eigenvalue weighted by Gasteiger charge is 2.13. The molecular weight excluding hydrogens is 272 g/mol. The van der Waals surface area contributed by atoms with Crippen LogP contribution in [0.4, 0.5) is 14.7 Å². The third-order valence-electron chi connectivity index (χ3n) is 2.79. The van der Waals surface area contributed by atoms with Crippen LogP contribution in [-0.2, 0) is 0 Å². The van der Waals surface area contributed by atoms with Gasteiger partial charge in [0.15, 0.2) is 0 Å². The van der Waals surface area contributed by atoms with Gasteiger partial charge in [-0.25, -0.2) is 13.8 Å². The number of hydrogen-bond donors (Lipinski definition) is 1. The summed E-state index contributed by atoms with van der Waals surface area (Å²) in [6.07, 6.45) is 0. The molecule has 2 N–H and O–H groups in total. The summed E-state index contributed by atoms with van der Waals surface area (Å²) >= 11 is 6.00. The molecule has 0 spiro atoms. The van der Waals surface area contributed by atoms with E-state index >= 15 is 0 Å². The van der Waals surface area contributed by atoms with Gasteiger partial charge >= 0.3 is 0 Å². The van der Waals surface area contributed by atoms with Crippen molar-refractivity contribution in [3.05, 3.63) is 53.1 Å². The second-order valence-electron chi connectivity index (χ2n) is 4.03. The smallest absolute Gasteiger partial charge is 0.205 e. The van der Waals surface area contributed by atoms with E-state index in [1.54, 1.807) is 0 Å². The Kier molecular flexibility index (Phi) is 2.64. The fourth-order valence-electron chi connectivity index (χ4n) is 1.98. The van der Waals surface area contributed by atoms with Crippen molar-refractivity contribution in [2.75, 3.05) is 5.73 Å². The van der Waals surface area contributed by atoms with Crippen molar-refractivity contribution in [2.45, 2.75) is 0 Å². The Morgan fingerprint density at radius 1 is 1.05 bits per heavy atom. The number of aromatic nitrogens is 2. The maximum Gasteiger partial charge on any atom is 0.205 e. The van der Waals surface area contributed by atoms with E-state index < -0.39 is 11.6 Å². The number of nitrogens with two attached hydrogens (primary N) is 1. The lowest BCUT2D eigenvalue weighted by Gasteiger charge is -2.08. The number of fused-ring (bicyclic) bond motifs is 1. The van der Waals surface area contributed by atoms with Gasteiger partial charge < -0.3 is 5.73 Å². The molecule has 0 amide bonds. The highest BCUT2D eigenvalue weighted by atomic mass is 35.5. The molecule has 0 aliphatic heterocycles. The van der Waals surface area contributed by atoms with Gasteiger partial charge in [0.1, 0.15) is 11.6 Å². The molecule has 3 nitrogen and oxygen atoms in total. The number of rotatable bonds is 1. The molecular formula is C13H8ClF2N3. The van der Waals surface area contributed by atoms with E-state index in [1.807, 2.05) is 0 Å². The maximum atomic E-state index is 13.3. The number of halogens is 3. The van der Waals surface area contributed by atoms with Crippen LogP contribution in [0.5, 0.6) is 0 Å². The van der Waals surface area contributed by atoms with E-state index in [1.165, 1.54) is 41.0 Å². The molecule has 2 aromatic carbocycles. The van der Waals surface area contributed by atoms with Gasteiger partial charge in [-0.2, -0.15) is 0 Å². The summed E-state index contributed by atoms with van der Waals surface area (Å²) in [5, 5.41) is 0.176. The summed E-state index contributed by atoms with van der Waals surface area (Å²) < 4.78 is 27.9. The van der Waals surface area contributed by atoms with Crippen molar-refractivity contribution < 1.29 is 8.78 Å². The zero-order valence-electron chi connectivity index (χ0n) is 9.57. The Labute approximate surface area is 112 Å². The topological polar surface area (TPSA) is 43.8 Å². The van der Waals surface area contributed by atoms with E-state index in [0.29, 0.717) is 16.7 Å². The molecule has 6 heteroatoms. The van der Waals surface area contributed by atoms with E-state index in [9.17, 15) is 8.78 Å². The SMILES string of the molecule is Nc1nc2ccc(F)cc2n1-c1ccc(F)cc1Cl. The fraction of sp³-hybridized carbons (Fsp3) is 0. The first-order chi connectivity index (χ1) is 9.06. The minimum absolute atomic E-state index is 0.161.